The molecule has 3 N–H and O–H groups in total. The number of nitrogens with one attached hydrogen (secondary N) is 1. The van der Waals surface area contributed by atoms with Crippen molar-refractivity contribution in [1.82, 2.24) is 10.2 Å². The van der Waals surface area contributed by atoms with Crippen molar-refractivity contribution in [2.75, 3.05) is 5.73 Å². The van der Waals surface area contributed by atoms with Gasteiger partial charge in [-0.25, -0.2) is 0 Å². The van der Waals surface area contributed by atoms with Gasteiger partial charge in [0.2, 0.25) is 0 Å². The van der Waals surface area contributed by atoms with E-state index in [9.17, 15) is 0 Å². The fraction of sp³-hybridized carbons (Fsp3) is 0.182. The molecule has 0 amide bonds. The first-order valence-corrected chi connectivity index (χ1v) is 5.57. The summed E-state index contributed by atoms with van der Waals surface area (Å²) in [5.41, 5.74) is 8.78. The molecule has 0 fully saturated rings. The molecule has 2 aromatic rings. The van der Waals surface area contributed by atoms with E-state index in [-0.39, 0.29) is 0 Å². The van der Waals surface area contributed by atoms with E-state index >= 15 is 0 Å². The lowest BCUT2D eigenvalue weighted by molar-refractivity contribution is 0.894. The predicted octanol–water partition coefficient (Wildman–Crippen LogP) is 2.54. The molecular weight excluding hydrogens is 254 g/mol. The number of anilines is 1. The number of aryl methyl sites for hydroxylation is 2. The maximum Gasteiger partial charge on any atom is 0.0730 e. The van der Waals surface area contributed by atoms with Crippen LogP contribution in [0, 0.1) is 0 Å². The zero-order valence-corrected chi connectivity index (χ0v) is 9.79. The minimum absolute atomic E-state index is 0.743. The molecule has 0 aliphatic rings. The number of hydrogen-bond acceptors (Lipinski definition) is 2. The normalized spacial score (nSPS) is 10.5. The van der Waals surface area contributed by atoms with Gasteiger partial charge < -0.3 is 5.73 Å². The Morgan fingerprint density at radius 3 is 2.53 bits per heavy atom. The summed E-state index contributed by atoms with van der Waals surface area (Å²) < 4.78 is 1.10. The van der Waals surface area contributed by atoms with Crippen LogP contribution in [0.3, 0.4) is 0 Å². The Kier molecular flexibility index (Phi) is 3.06. The highest BCUT2D eigenvalue weighted by Crippen LogP contribution is 2.14. The largest absolute Gasteiger partial charge is 0.396 e. The lowest BCUT2D eigenvalue weighted by Crippen LogP contribution is -1.95. The topological polar surface area (TPSA) is 54.7 Å². The Bertz CT molecular complexity index is 433. The third-order valence-corrected chi connectivity index (χ3v) is 2.86. The molecule has 0 spiro atoms. The van der Waals surface area contributed by atoms with E-state index in [2.05, 4.69) is 38.3 Å². The van der Waals surface area contributed by atoms with E-state index < -0.39 is 0 Å². The van der Waals surface area contributed by atoms with E-state index in [1.807, 2.05) is 12.1 Å². The van der Waals surface area contributed by atoms with Crippen molar-refractivity contribution < 1.29 is 0 Å². The van der Waals surface area contributed by atoms with Gasteiger partial charge in [0.15, 0.2) is 0 Å². The molecular formula is C11H12BrN3. The summed E-state index contributed by atoms with van der Waals surface area (Å²) in [5, 5.41) is 6.79. The number of halogens is 1. The summed E-state index contributed by atoms with van der Waals surface area (Å²) in [5.74, 6) is 0. The third kappa shape index (κ3) is 2.59. The molecule has 0 aliphatic carbocycles. The number of nitrogen functional groups attached to an aromatic ring is 1. The molecule has 78 valence electrons. The molecule has 1 aromatic heterocycles. The number of aromatic amines is 1. The fourth-order valence-corrected chi connectivity index (χ4v) is 1.71. The van der Waals surface area contributed by atoms with Crippen molar-refractivity contribution in [2.24, 2.45) is 0 Å². The van der Waals surface area contributed by atoms with Gasteiger partial charge >= 0.3 is 0 Å². The quantitative estimate of drug-likeness (QED) is 0.896. The highest BCUT2D eigenvalue weighted by atomic mass is 79.9. The molecule has 0 saturated heterocycles. The number of H-pyrrole nitrogens is 1. The molecule has 0 radical (unpaired) electrons. The smallest absolute Gasteiger partial charge is 0.0730 e. The van der Waals surface area contributed by atoms with Crippen LogP contribution in [-0.2, 0) is 12.8 Å². The van der Waals surface area contributed by atoms with Crippen LogP contribution in [0.2, 0.25) is 0 Å². The number of rotatable bonds is 3. The summed E-state index contributed by atoms with van der Waals surface area (Å²) in [6.07, 6.45) is 3.52. The van der Waals surface area contributed by atoms with Gasteiger partial charge in [0, 0.05) is 4.47 Å². The third-order valence-electron chi connectivity index (χ3n) is 2.33. The summed E-state index contributed by atoms with van der Waals surface area (Å²) in [6, 6.07) is 8.31. The molecule has 2 rings (SSSR count). The van der Waals surface area contributed by atoms with Gasteiger partial charge in [-0.15, -0.1) is 0 Å². The first kappa shape index (κ1) is 10.2. The van der Waals surface area contributed by atoms with Gasteiger partial charge in [-0.1, -0.05) is 28.1 Å². The predicted molar refractivity (Wildman–Crippen MR) is 64.6 cm³/mol. The van der Waals surface area contributed by atoms with Crippen molar-refractivity contribution in [2.45, 2.75) is 12.8 Å². The molecule has 15 heavy (non-hydrogen) atoms. The minimum atomic E-state index is 0.743. The molecule has 0 saturated carbocycles. The second-order valence-electron chi connectivity index (χ2n) is 3.43. The van der Waals surface area contributed by atoms with Crippen LogP contribution in [0.1, 0.15) is 11.3 Å². The first-order valence-electron chi connectivity index (χ1n) is 4.78. The maximum absolute atomic E-state index is 5.73. The van der Waals surface area contributed by atoms with E-state index in [0.29, 0.717) is 0 Å². The molecule has 4 heteroatoms. The molecule has 0 aliphatic heterocycles. The molecule has 1 heterocycles. The summed E-state index contributed by atoms with van der Waals surface area (Å²) in [4.78, 5) is 0. The fourth-order valence-electron chi connectivity index (χ4n) is 1.44. The van der Waals surface area contributed by atoms with Crippen molar-refractivity contribution >= 4 is 21.6 Å². The number of benzene rings is 1. The van der Waals surface area contributed by atoms with Gasteiger partial charge in [-0.3, -0.25) is 5.10 Å². The zero-order valence-electron chi connectivity index (χ0n) is 8.20. The van der Waals surface area contributed by atoms with Crippen LogP contribution < -0.4 is 5.73 Å². The Morgan fingerprint density at radius 1 is 1.20 bits per heavy atom. The minimum Gasteiger partial charge on any atom is -0.396 e. The lowest BCUT2D eigenvalue weighted by Gasteiger charge is -2.01. The Hall–Kier alpha value is -1.29. The highest BCUT2D eigenvalue weighted by molar-refractivity contribution is 9.10. The van der Waals surface area contributed by atoms with Crippen molar-refractivity contribution in [3.63, 3.8) is 0 Å². The van der Waals surface area contributed by atoms with Crippen molar-refractivity contribution in [3.8, 4) is 0 Å². The molecule has 3 nitrogen and oxygen atoms in total. The van der Waals surface area contributed by atoms with E-state index in [1.165, 1.54) is 5.56 Å². The van der Waals surface area contributed by atoms with E-state index in [0.717, 1.165) is 28.7 Å². The number of nitrogens with two attached hydrogens (primary N) is 1. The number of aromatic nitrogens is 2. The first-order chi connectivity index (χ1) is 7.25. The number of hydrogen-bond donors (Lipinski definition) is 2. The zero-order chi connectivity index (χ0) is 10.7. The molecule has 0 unspecified atom stereocenters. The maximum atomic E-state index is 5.73. The Labute approximate surface area is 96.8 Å². The van der Waals surface area contributed by atoms with Crippen molar-refractivity contribution in [3.05, 3.63) is 46.2 Å². The van der Waals surface area contributed by atoms with Crippen LogP contribution in [0.15, 0.2) is 34.9 Å². The second kappa shape index (κ2) is 4.49. The van der Waals surface area contributed by atoms with E-state index in [4.69, 9.17) is 5.73 Å². The second-order valence-corrected chi connectivity index (χ2v) is 4.35. The highest BCUT2D eigenvalue weighted by Gasteiger charge is 2.01. The summed E-state index contributed by atoms with van der Waals surface area (Å²) in [7, 11) is 0. The van der Waals surface area contributed by atoms with Gasteiger partial charge in [-0.2, -0.15) is 5.10 Å². The van der Waals surface area contributed by atoms with Gasteiger partial charge in [0.1, 0.15) is 0 Å². The van der Waals surface area contributed by atoms with E-state index in [1.54, 1.807) is 6.20 Å². The van der Waals surface area contributed by atoms with Crippen molar-refractivity contribution in [1.29, 1.82) is 0 Å². The Balaban J connectivity index is 1.99. The molecule has 0 bridgehead atoms. The SMILES string of the molecule is Nc1cn[nH]c1CCc1ccc(Br)cc1. The number of nitrogens with zero attached hydrogens (tertiary/aromatic N) is 1. The summed E-state index contributed by atoms with van der Waals surface area (Å²) >= 11 is 3.41. The average Bonchev–Trinajstić information content (AvgIpc) is 2.63. The lowest BCUT2D eigenvalue weighted by atomic mass is 10.1. The van der Waals surface area contributed by atoms with Crippen LogP contribution in [0.5, 0.6) is 0 Å². The van der Waals surface area contributed by atoms with Crippen LogP contribution in [0.4, 0.5) is 5.69 Å². The monoisotopic (exact) mass is 265 g/mol. The van der Waals surface area contributed by atoms with Crippen LogP contribution >= 0.6 is 15.9 Å². The van der Waals surface area contributed by atoms with Gasteiger partial charge in [0.25, 0.3) is 0 Å². The average molecular weight is 266 g/mol. The Morgan fingerprint density at radius 2 is 1.93 bits per heavy atom. The standard InChI is InChI=1S/C11H12BrN3/c12-9-4-1-8(2-5-9)3-6-11-10(13)7-14-15-11/h1-2,4-5,7H,3,6,13H2,(H,14,15). The van der Waals surface area contributed by atoms with Gasteiger partial charge in [-0.05, 0) is 30.5 Å². The molecule has 0 atom stereocenters. The van der Waals surface area contributed by atoms with Crippen LogP contribution in [-0.4, -0.2) is 10.2 Å². The summed E-state index contributed by atoms with van der Waals surface area (Å²) in [6.45, 7) is 0. The molecule has 1 aromatic carbocycles. The van der Waals surface area contributed by atoms with Crippen LogP contribution in [0.25, 0.3) is 0 Å². The van der Waals surface area contributed by atoms with Gasteiger partial charge in [0.05, 0.1) is 17.6 Å².